The molecule has 0 amide bonds. The average molecular weight is 247 g/mol. The van der Waals surface area contributed by atoms with E-state index >= 15 is 0 Å². The summed E-state index contributed by atoms with van der Waals surface area (Å²) >= 11 is 0. The second kappa shape index (κ2) is 5.16. The molecule has 0 atom stereocenters. The standard InChI is InChI=1S/C11H12F3NO2/c1-3-8-7(10(16)17-4-2)5-6-9(15-8)11(12,13)14/h5-6H,3-4H2,1-2H3. The fourth-order valence-electron chi connectivity index (χ4n) is 1.32. The van der Waals surface area contributed by atoms with Gasteiger partial charge in [-0.1, -0.05) is 6.92 Å². The number of aryl methyl sites for hydroxylation is 1. The largest absolute Gasteiger partial charge is 0.462 e. The van der Waals surface area contributed by atoms with Crippen LogP contribution in [0.5, 0.6) is 0 Å². The third kappa shape index (κ3) is 3.18. The summed E-state index contributed by atoms with van der Waals surface area (Å²) in [5.74, 6) is -0.648. The predicted octanol–water partition coefficient (Wildman–Crippen LogP) is 2.84. The van der Waals surface area contributed by atoms with Crippen LogP contribution in [0.3, 0.4) is 0 Å². The lowest BCUT2D eigenvalue weighted by molar-refractivity contribution is -0.141. The highest BCUT2D eigenvalue weighted by atomic mass is 19.4. The van der Waals surface area contributed by atoms with Crippen molar-refractivity contribution in [1.29, 1.82) is 0 Å². The lowest BCUT2D eigenvalue weighted by atomic mass is 10.1. The van der Waals surface area contributed by atoms with Crippen LogP contribution in [0.25, 0.3) is 0 Å². The minimum absolute atomic E-state index is 0.0855. The van der Waals surface area contributed by atoms with E-state index in [0.717, 1.165) is 12.1 Å². The Labute approximate surface area is 96.6 Å². The molecule has 1 aromatic heterocycles. The van der Waals surface area contributed by atoms with E-state index in [1.165, 1.54) is 0 Å². The molecule has 6 heteroatoms. The highest BCUT2D eigenvalue weighted by molar-refractivity contribution is 5.90. The molecule has 0 aliphatic heterocycles. The molecule has 0 spiro atoms. The van der Waals surface area contributed by atoms with Crippen molar-refractivity contribution < 1.29 is 22.7 Å². The van der Waals surface area contributed by atoms with E-state index in [0.29, 0.717) is 0 Å². The number of alkyl halides is 3. The lowest BCUT2D eigenvalue weighted by Crippen LogP contribution is -2.14. The first-order valence-electron chi connectivity index (χ1n) is 5.14. The van der Waals surface area contributed by atoms with Gasteiger partial charge in [-0.15, -0.1) is 0 Å². The van der Waals surface area contributed by atoms with E-state index in [2.05, 4.69) is 4.98 Å². The number of aromatic nitrogens is 1. The molecule has 1 rings (SSSR count). The topological polar surface area (TPSA) is 39.2 Å². The van der Waals surface area contributed by atoms with E-state index in [-0.39, 0.29) is 24.3 Å². The number of pyridine rings is 1. The molecule has 0 saturated carbocycles. The van der Waals surface area contributed by atoms with Crippen molar-refractivity contribution in [2.24, 2.45) is 0 Å². The number of esters is 1. The van der Waals surface area contributed by atoms with Crippen LogP contribution in [-0.4, -0.2) is 17.6 Å². The second-order valence-electron chi connectivity index (χ2n) is 3.26. The van der Waals surface area contributed by atoms with Crippen molar-refractivity contribution in [3.63, 3.8) is 0 Å². The van der Waals surface area contributed by atoms with Crippen molar-refractivity contribution in [2.75, 3.05) is 6.61 Å². The Morgan fingerprint density at radius 1 is 1.35 bits per heavy atom. The summed E-state index contributed by atoms with van der Waals surface area (Å²) in [4.78, 5) is 14.9. The van der Waals surface area contributed by atoms with Crippen LogP contribution < -0.4 is 0 Å². The summed E-state index contributed by atoms with van der Waals surface area (Å²) in [7, 11) is 0. The quantitative estimate of drug-likeness (QED) is 0.771. The zero-order chi connectivity index (χ0) is 13.1. The monoisotopic (exact) mass is 247 g/mol. The van der Waals surface area contributed by atoms with Gasteiger partial charge >= 0.3 is 12.1 Å². The highest BCUT2D eigenvalue weighted by Gasteiger charge is 2.33. The molecule has 0 radical (unpaired) electrons. The Morgan fingerprint density at radius 2 is 2.00 bits per heavy atom. The van der Waals surface area contributed by atoms with Crippen molar-refractivity contribution in [3.05, 3.63) is 29.1 Å². The number of rotatable bonds is 3. The second-order valence-corrected chi connectivity index (χ2v) is 3.26. The van der Waals surface area contributed by atoms with E-state index in [1.54, 1.807) is 13.8 Å². The molecule has 0 aliphatic carbocycles. The molecule has 0 aliphatic rings. The van der Waals surface area contributed by atoms with Crippen molar-refractivity contribution >= 4 is 5.97 Å². The van der Waals surface area contributed by atoms with Crippen LogP contribution >= 0.6 is 0 Å². The molecule has 3 nitrogen and oxygen atoms in total. The summed E-state index contributed by atoms with van der Waals surface area (Å²) in [6.07, 6.45) is -4.27. The predicted molar refractivity (Wildman–Crippen MR) is 54.6 cm³/mol. The van der Waals surface area contributed by atoms with Crippen LogP contribution in [0.1, 0.15) is 35.6 Å². The Bertz CT molecular complexity index is 416. The molecule has 0 bridgehead atoms. The number of carbonyl (C=O) groups excluding carboxylic acids is 1. The Morgan fingerprint density at radius 3 is 2.47 bits per heavy atom. The molecule has 0 saturated heterocycles. The molecule has 1 aromatic rings. The molecule has 94 valence electrons. The number of ether oxygens (including phenoxy) is 1. The van der Waals surface area contributed by atoms with Crippen molar-refractivity contribution in [1.82, 2.24) is 4.98 Å². The van der Waals surface area contributed by atoms with Gasteiger partial charge in [0, 0.05) is 0 Å². The summed E-state index contributed by atoms with van der Waals surface area (Å²) in [5, 5.41) is 0. The molecular formula is C11H12F3NO2. The highest BCUT2D eigenvalue weighted by Crippen LogP contribution is 2.28. The van der Waals surface area contributed by atoms with E-state index in [1.807, 2.05) is 0 Å². The van der Waals surface area contributed by atoms with Gasteiger partial charge in [0.2, 0.25) is 0 Å². The number of carbonyl (C=O) groups is 1. The first-order chi connectivity index (χ1) is 7.90. The van der Waals surface area contributed by atoms with E-state index < -0.39 is 17.8 Å². The first-order valence-corrected chi connectivity index (χ1v) is 5.14. The maximum absolute atomic E-state index is 12.4. The van der Waals surface area contributed by atoms with Gasteiger partial charge < -0.3 is 4.74 Å². The van der Waals surface area contributed by atoms with E-state index in [4.69, 9.17) is 4.74 Å². The van der Waals surface area contributed by atoms with Crippen LogP contribution in [0.4, 0.5) is 13.2 Å². The molecule has 0 aromatic carbocycles. The Hall–Kier alpha value is -1.59. The van der Waals surface area contributed by atoms with Gasteiger partial charge in [0.15, 0.2) is 0 Å². The fraction of sp³-hybridized carbons (Fsp3) is 0.455. The Balaban J connectivity index is 3.14. The maximum Gasteiger partial charge on any atom is 0.433 e. The minimum atomic E-state index is -4.50. The van der Waals surface area contributed by atoms with Crippen molar-refractivity contribution in [3.8, 4) is 0 Å². The van der Waals surface area contributed by atoms with Crippen molar-refractivity contribution in [2.45, 2.75) is 26.4 Å². The summed E-state index contributed by atoms with van der Waals surface area (Å²) in [6, 6.07) is 1.89. The average Bonchev–Trinajstić information content (AvgIpc) is 2.27. The maximum atomic E-state index is 12.4. The molecule has 0 N–H and O–H groups in total. The summed E-state index contributed by atoms with van der Waals surface area (Å²) in [6.45, 7) is 3.43. The summed E-state index contributed by atoms with van der Waals surface area (Å²) in [5.41, 5.74) is -0.817. The number of nitrogens with zero attached hydrogens (tertiary/aromatic N) is 1. The molecule has 0 unspecified atom stereocenters. The smallest absolute Gasteiger partial charge is 0.433 e. The van der Waals surface area contributed by atoms with Crippen LogP contribution in [0.15, 0.2) is 12.1 Å². The van der Waals surface area contributed by atoms with Gasteiger partial charge in [-0.2, -0.15) is 13.2 Å². The van der Waals surface area contributed by atoms with Gasteiger partial charge in [0.05, 0.1) is 17.9 Å². The van der Waals surface area contributed by atoms with E-state index in [9.17, 15) is 18.0 Å². The van der Waals surface area contributed by atoms with Gasteiger partial charge in [-0.3, -0.25) is 0 Å². The zero-order valence-electron chi connectivity index (χ0n) is 9.47. The number of halogens is 3. The molecular weight excluding hydrogens is 235 g/mol. The zero-order valence-corrected chi connectivity index (χ0v) is 9.47. The molecule has 0 fully saturated rings. The van der Waals surface area contributed by atoms with Crippen LogP contribution in [0, 0.1) is 0 Å². The number of hydrogen-bond donors (Lipinski definition) is 0. The SMILES string of the molecule is CCOC(=O)c1ccc(C(F)(F)F)nc1CC. The number of hydrogen-bond acceptors (Lipinski definition) is 3. The molecule has 1 heterocycles. The lowest BCUT2D eigenvalue weighted by Gasteiger charge is -2.10. The minimum Gasteiger partial charge on any atom is -0.462 e. The van der Waals surface area contributed by atoms with Gasteiger partial charge in [-0.05, 0) is 25.5 Å². The van der Waals surface area contributed by atoms with Crippen LogP contribution in [-0.2, 0) is 17.3 Å². The fourth-order valence-corrected chi connectivity index (χ4v) is 1.32. The first kappa shape index (κ1) is 13.5. The normalized spacial score (nSPS) is 11.4. The molecule has 17 heavy (non-hydrogen) atoms. The van der Waals surface area contributed by atoms with Gasteiger partial charge in [0.1, 0.15) is 5.69 Å². The van der Waals surface area contributed by atoms with Crippen LogP contribution in [0.2, 0.25) is 0 Å². The Kier molecular flexibility index (Phi) is 4.09. The third-order valence-electron chi connectivity index (χ3n) is 2.09. The van der Waals surface area contributed by atoms with Gasteiger partial charge in [-0.25, -0.2) is 9.78 Å². The summed E-state index contributed by atoms with van der Waals surface area (Å²) < 4.78 is 42.0. The van der Waals surface area contributed by atoms with Gasteiger partial charge in [0.25, 0.3) is 0 Å². The third-order valence-corrected chi connectivity index (χ3v) is 2.09.